The number of fused-ring (bicyclic) bond motifs is 4. The number of benzene rings is 2. The van der Waals surface area contributed by atoms with E-state index in [0.29, 0.717) is 6.42 Å². The molecule has 1 N–H and O–H groups in total. The topological polar surface area (TPSA) is 58.9 Å². The van der Waals surface area contributed by atoms with Crippen molar-refractivity contribution in [3.63, 3.8) is 0 Å². The van der Waals surface area contributed by atoms with Gasteiger partial charge in [0, 0.05) is 28.9 Å². The molecule has 0 unspecified atom stereocenters. The van der Waals surface area contributed by atoms with Crippen LogP contribution in [0.25, 0.3) is 27.5 Å². The Morgan fingerprint density at radius 1 is 0.957 bits per heavy atom. The van der Waals surface area contributed by atoms with Gasteiger partial charge in [-0.2, -0.15) is 0 Å². The molecule has 5 heteroatoms. The van der Waals surface area contributed by atoms with Crippen LogP contribution in [0.4, 0.5) is 0 Å². The van der Waals surface area contributed by atoms with Crippen molar-refractivity contribution in [3.8, 4) is 0 Å². The lowest BCUT2D eigenvalue weighted by Crippen LogP contribution is -1.92. The number of aromatic nitrogens is 5. The molecule has 0 aliphatic rings. The smallest absolute Gasteiger partial charge is 0.166 e. The Bertz CT molecular complexity index is 1150. The summed E-state index contributed by atoms with van der Waals surface area (Å²) in [6, 6.07) is 16.3. The maximum Gasteiger partial charge on any atom is 0.166 e. The minimum Gasteiger partial charge on any atom is -0.361 e. The first-order valence-electron chi connectivity index (χ1n) is 7.52. The van der Waals surface area contributed by atoms with E-state index in [9.17, 15) is 0 Å². The van der Waals surface area contributed by atoms with E-state index in [0.717, 1.165) is 27.9 Å². The van der Waals surface area contributed by atoms with Crippen LogP contribution < -0.4 is 0 Å². The SMILES string of the molecule is c1ccc2c(c1)ncn1nc(Cc3c[nH]c4ccccc34)nc21. The Morgan fingerprint density at radius 2 is 1.78 bits per heavy atom. The molecule has 2 aromatic carbocycles. The average Bonchev–Trinajstić information content (AvgIpc) is 3.19. The fraction of sp³-hybridized carbons (Fsp3) is 0.0556. The molecule has 0 aliphatic carbocycles. The molecule has 0 radical (unpaired) electrons. The highest BCUT2D eigenvalue weighted by Gasteiger charge is 2.11. The lowest BCUT2D eigenvalue weighted by atomic mass is 10.1. The van der Waals surface area contributed by atoms with Crippen LogP contribution in [0.2, 0.25) is 0 Å². The van der Waals surface area contributed by atoms with Crippen LogP contribution in [0.5, 0.6) is 0 Å². The summed E-state index contributed by atoms with van der Waals surface area (Å²) in [5.41, 5.74) is 4.13. The number of rotatable bonds is 2. The van der Waals surface area contributed by atoms with E-state index >= 15 is 0 Å². The second-order valence-corrected chi connectivity index (χ2v) is 5.59. The summed E-state index contributed by atoms with van der Waals surface area (Å²) < 4.78 is 1.76. The van der Waals surface area contributed by atoms with Crippen molar-refractivity contribution < 1.29 is 0 Å². The van der Waals surface area contributed by atoms with Crippen LogP contribution in [0.1, 0.15) is 11.4 Å². The van der Waals surface area contributed by atoms with Gasteiger partial charge in [0.05, 0.1) is 5.52 Å². The van der Waals surface area contributed by atoms with Crippen LogP contribution in [-0.4, -0.2) is 24.6 Å². The fourth-order valence-electron chi connectivity index (χ4n) is 3.05. The Kier molecular flexibility index (Phi) is 2.49. The molecule has 5 aromatic rings. The molecule has 0 saturated heterocycles. The predicted octanol–water partition coefficient (Wildman–Crippen LogP) is 3.35. The summed E-state index contributed by atoms with van der Waals surface area (Å²) in [4.78, 5) is 12.4. The first kappa shape index (κ1) is 12.3. The zero-order chi connectivity index (χ0) is 15.2. The lowest BCUT2D eigenvalue weighted by molar-refractivity contribution is 0.885. The summed E-state index contributed by atoms with van der Waals surface area (Å²) in [7, 11) is 0. The molecular formula is C18H13N5. The van der Waals surface area contributed by atoms with Gasteiger partial charge in [0.2, 0.25) is 0 Å². The third-order valence-corrected chi connectivity index (χ3v) is 4.15. The summed E-state index contributed by atoms with van der Waals surface area (Å²) in [6.45, 7) is 0. The average molecular weight is 299 g/mol. The highest BCUT2D eigenvalue weighted by molar-refractivity contribution is 5.90. The van der Waals surface area contributed by atoms with Gasteiger partial charge in [0.15, 0.2) is 11.5 Å². The van der Waals surface area contributed by atoms with Gasteiger partial charge in [0.25, 0.3) is 0 Å². The Balaban J connectivity index is 1.64. The van der Waals surface area contributed by atoms with Gasteiger partial charge in [-0.1, -0.05) is 30.3 Å². The molecule has 3 aromatic heterocycles. The zero-order valence-corrected chi connectivity index (χ0v) is 12.3. The summed E-state index contributed by atoms with van der Waals surface area (Å²) >= 11 is 0. The molecule has 0 atom stereocenters. The van der Waals surface area contributed by atoms with Gasteiger partial charge in [-0.15, -0.1) is 5.10 Å². The predicted molar refractivity (Wildman–Crippen MR) is 89.4 cm³/mol. The van der Waals surface area contributed by atoms with Crippen LogP contribution >= 0.6 is 0 Å². The number of hydrogen-bond donors (Lipinski definition) is 1. The summed E-state index contributed by atoms with van der Waals surface area (Å²) in [6.07, 6.45) is 4.45. The highest BCUT2D eigenvalue weighted by Crippen LogP contribution is 2.21. The van der Waals surface area contributed by atoms with E-state index < -0.39 is 0 Å². The normalized spacial score (nSPS) is 11.7. The van der Waals surface area contributed by atoms with Crippen LogP contribution in [0, 0.1) is 0 Å². The Labute approximate surface area is 131 Å². The number of hydrogen-bond acceptors (Lipinski definition) is 3. The Morgan fingerprint density at radius 3 is 2.74 bits per heavy atom. The molecule has 110 valence electrons. The van der Waals surface area contributed by atoms with Crippen molar-refractivity contribution in [3.05, 3.63) is 72.4 Å². The lowest BCUT2D eigenvalue weighted by Gasteiger charge is -1.96. The van der Waals surface area contributed by atoms with E-state index in [1.807, 2.05) is 42.6 Å². The van der Waals surface area contributed by atoms with Crippen molar-refractivity contribution in [2.24, 2.45) is 0 Å². The zero-order valence-electron chi connectivity index (χ0n) is 12.3. The van der Waals surface area contributed by atoms with E-state index in [-0.39, 0.29) is 0 Å². The van der Waals surface area contributed by atoms with Gasteiger partial charge in [-0.05, 0) is 23.8 Å². The molecule has 5 nitrogen and oxygen atoms in total. The molecule has 0 bridgehead atoms. The molecule has 23 heavy (non-hydrogen) atoms. The first-order valence-corrected chi connectivity index (χ1v) is 7.52. The van der Waals surface area contributed by atoms with Gasteiger partial charge in [0.1, 0.15) is 6.33 Å². The van der Waals surface area contributed by atoms with Crippen molar-refractivity contribution in [2.75, 3.05) is 0 Å². The standard InChI is InChI=1S/C18H13N5/c1-3-7-15-13(5-1)12(10-19-15)9-17-21-18-14-6-2-4-8-16(14)20-11-23(18)22-17/h1-8,10-11,19H,9H2. The molecular weight excluding hydrogens is 286 g/mol. The minimum absolute atomic E-state index is 0.694. The second kappa shape index (κ2) is 4.64. The minimum atomic E-state index is 0.694. The van der Waals surface area contributed by atoms with Crippen molar-refractivity contribution >= 4 is 27.5 Å². The first-order chi connectivity index (χ1) is 11.4. The summed E-state index contributed by atoms with van der Waals surface area (Å²) in [5, 5.41) is 6.81. The van der Waals surface area contributed by atoms with E-state index in [1.54, 1.807) is 10.8 Å². The van der Waals surface area contributed by atoms with Gasteiger partial charge < -0.3 is 4.98 Å². The number of para-hydroxylation sites is 2. The molecule has 0 fully saturated rings. The second-order valence-electron chi connectivity index (χ2n) is 5.59. The third-order valence-electron chi connectivity index (χ3n) is 4.15. The van der Waals surface area contributed by atoms with Crippen LogP contribution in [0.3, 0.4) is 0 Å². The monoisotopic (exact) mass is 299 g/mol. The number of nitrogens with one attached hydrogen (secondary N) is 1. The summed E-state index contributed by atoms with van der Waals surface area (Å²) in [5.74, 6) is 0.799. The van der Waals surface area contributed by atoms with Crippen molar-refractivity contribution in [2.45, 2.75) is 6.42 Å². The van der Waals surface area contributed by atoms with E-state index in [2.05, 4.69) is 27.2 Å². The van der Waals surface area contributed by atoms with E-state index in [1.165, 1.54) is 10.9 Å². The van der Waals surface area contributed by atoms with Crippen LogP contribution in [0.15, 0.2) is 61.1 Å². The fourth-order valence-corrected chi connectivity index (χ4v) is 3.05. The van der Waals surface area contributed by atoms with Gasteiger partial charge in [-0.3, -0.25) is 0 Å². The maximum atomic E-state index is 4.72. The van der Waals surface area contributed by atoms with E-state index in [4.69, 9.17) is 4.98 Å². The van der Waals surface area contributed by atoms with Crippen molar-refractivity contribution in [1.29, 1.82) is 0 Å². The molecule has 0 aliphatic heterocycles. The highest BCUT2D eigenvalue weighted by atomic mass is 15.3. The quantitative estimate of drug-likeness (QED) is 0.544. The van der Waals surface area contributed by atoms with Crippen LogP contribution in [-0.2, 0) is 6.42 Å². The molecule has 5 rings (SSSR count). The number of nitrogens with zero attached hydrogens (tertiary/aromatic N) is 4. The third kappa shape index (κ3) is 1.90. The molecule has 0 saturated carbocycles. The number of H-pyrrole nitrogens is 1. The maximum absolute atomic E-state index is 4.72. The largest absolute Gasteiger partial charge is 0.361 e. The van der Waals surface area contributed by atoms with Crippen molar-refractivity contribution in [1.82, 2.24) is 24.6 Å². The Hall–Kier alpha value is -3.21. The number of aromatic amines is 1. The van der Waals surface area contributed by atoms with Gasteiger partial charge in [-0.25, -0.2) is 14.5 Å². The van der Waals surface area contributed by atoms with Gasteiger partial charge >= 0.3 is 0 Å². The molecule has 0 spiro atoms. The molecule has 0 amide bonds. The molecule has 3 heterocycles.